The molecule has 1 N–H and O–H groups in total. The highest BCUT2D eigenvalue weighted by Gasteiger charge is 2.16. The van der Waals surface area contributed by atoms with Gasteiger partial charge < -0.3 is 9.52 Å². The molecule has 0 aliphatic carbocycles. The lowest BCUT2D eigenvalue weighted by Gasteiger charge is -2.16. The molecule has 1 aliphatic heterocycles. The van der Waals surface area contributed by atoms with Crippen LogP contribution in [0.4, 0.5) is 4.79 Å². The summed E-state index contributed by atoms with van der Waals surface area (Å²) in [5.74, 6) is 0.743. The Kier molecular flexibility index (Phi) is 1.40. The molecule has 2 heterocycles. The van der Waals surface area contributed by atoms with Gasteiger partial charge in [-0.25, -0.2) is 4.79 Å². The SMILES string of the molecule is O=C(O)N1C=Cc2occc2C1. The Bertz CT molecular complexity index is 340. The van der Waals surface area contributed by atoms with E-state index in [1.807, 2.05) is 0 Å². The van der Waals surface area contributed by atoms with Gasteiger partial charge in [-0.2, -0.15) is 0 Å². The lowest BCUT2D eigenvalue weighted by atomic mass is 10.2. The van der Waals surface area contributed by atoms with Gasteiger partial charge in [-0.15, -0.1) is 0 Å². The molecule has 62 valence electrons. The van der Waals surface area contributed by atoms with Crippen LogP contribution in [0.15, 0.2) is 22.9 Å². The first-order chi connectivity index (χ1) is 5.77. The third-order valence-corrected chi connectivity index (χ3v) is 1.77. The number of furan rings is 1. The van der Waals surface area contributed by atoms with Crippen LogP contribution in [0.25, 0.3) is 6.08 Å². The summed E-state index contributed by atoms with van der Waals surface area (Å²) in [6.45, 7) is 0.373. The number of fused-ring (bicyclic) bond motifs is 1. The summed E-state index contributed by atoms with van der Waals surface area (Å²) in [6, 6.07) is 1.77. The summed E-state index contributed by atoms with van der Waals surface area (Å²) < 4.78 is 5.08. The second-order valence-electron chi connectivity index (χ2n) is 2.54. The van der Waals surface area contributed by atoms with E-state index in [2.05, 4.69) is 0 Å². The van der Waals surface area contributed by atoms with Crippen molar-refractivity contribution in [1.82, 2.24) is 4.90 Å². The lowest BCUT2D eigenvalue weighted by molar-refractivity contribution is 0.160. The van der Waals surface area contributed by atoms with Crippen molar-refractivity contribution in [3.05, 3.63) is 29.9 Å². The van der Waals surface area contributed by atoms with E-state index < -0.39 is 6.09 Å². The standard InChI is InChI=1S/C8H7NO3/c10-8(11)9-3-1-7-6(5-9)2-4-12-7/h1-4H,5H2,(H,10,11). The number of hydrogen-bond acceptors (Lipinski definition) is 2. The molecule has 4 heteroatoms. The van der Waals surface area contributed by atoms with Crippen molar-refractivity contribution in [3.63, 3.8) is 0 Å². The molecule has 0 radical (unpaired) electrons. The third kappa shape index (κ3) is 0.972. The van der Waals surface area contributed by atoms with Crippen molar-refractivity contribution in [2.45, 2.75) is 6.54 Å². The predicted octanol–water partition coefficient (Wildman–Crippen LogP) is 1.74. The molecule has 0 saturated carbocycles. The van der Waals surface area contributed by atoms with Crippen LogP contribution < -0.4 is 0 Å². The first kappa shape index (κ1) is 6.97. The van der Waals surface area contributed by atoms with Gasteiger partial charge in [0.25, 0.3) is 0 Å². The van der Waals surface area contributed by atoms with Gasteiger partial charge in [0.2, 0.25) is 0 Å². The molecule has 2 rings (SSSR count). The Balaban J connectivity index is 2.30. The first-order valence-electron chi connectivity index (χ1n) is 3.51. The highest BCUT2D eigenvalue weighted by Crippen LogP contribution is 2.19. The predicted molar refractivity (Wildman–Crippen MR) is 41.3 cm³/mol. The van der Waals surface area contributed by atoms with E-state index >= 15 is 0 Å². The molecule has 0 spiro atoms. The minimum atomic E-state index is -0.946. The quantitative estimate of drug-likeness (QED) is 0.637. The molecular weight excluding hydrogens is 158 g/mol. The van der Waals surface area contributed by atoms with Crippen LogP contribution in [-0.2, 0) is 6.54 Å². The molecule has 1 aromatic heterocycles. The molecule has 1 amide bonds. The van der Waals surface area contributed by atoms with Crippen molar-refractivity contribution < 1.29 is 14.3 Å². The van der Waals surface area contributed by atoms with Gasteiger partial charge in [-0.1, -0.05) is 0 Å². The van der Waals surface area contributed by atoms with Crippen LogP contribution in [0.5, 0.6) is 0 Å². The molecule has 0 unspecified atom stereocenters. The molecule has 0 saturated heterocycles. The number of rotatable bonds is 0. The van der Waals surface area contributed by atoms with Crippen molar-refractivity contribution in [2.75, 3.05) is 0 Å². The van der Waals surface area contributed by atoms with Gasteiger partial charge >= 0.3 is 6.09 Å². The number of hydrogen-bond donors (Lipinski definition) is 1. The Morgan fingerprint density at radius 1 is 1.67 bits per heavy atom. The van der Waals surface area contributed by atoms with Gasteiger partial charge in [-0.05, 0) is 12.1 Å². The molecule has 1 aromatic rings. The van der Waals surface area contributed by atoms with Crippen LogP contribution in [-0.4, -0.2) is 16.1 Å². The number of carboxylic acid groups (broad SMARTS) is 1. The average molecular weight is 165 g/mol. The van der Waals surface area contributed by atoms with E-state index in [9.17, 15) is 4.79 Å². The van der Waals surface area contributed by atoms with Gasteiger partial charge in [0, 0.05) is 11.8 Å². The zero-order chi connectivity index (χ0) is 8.55. The van der Waals surface area contributed by atoms with Crippen molar-refractivity contribution >= 4 is 12.2 Å². The van der Waals surface area contributed by atoms with Crippen LogP contribution in [0.3, 0.4) is 0 Å². The maximum atomic E-state index is 10.5. The van der Waals surface area contributed by atoms with Gasteiger partial charge in [-0.3, -0.25) is 4.90 Å². The zero-order valence-electron chi connectivity index (χ0n) is 6.23. The molecule has 4 nitrogen and oxygen atoms in total. The van der Waals surface area contributed by atoms with Crippen LogP contribution in [0.2, 0.25) is 0 Å². The van der Waals surface area contributed by atoms with E-state index in [0.717, 1.165) is 11.3 Å². The molecule has 0 atom stereocenters. The number of amides is 1. The maximum Gasteiger partial charge on any atom is 0.411 e. The van der Waals surface area contributed by atoms with Gasteiger partial charge in [0.05, 0.1) is 12.8 Å². The highest BCUT2D eigenvalue weighted by molar-refractivity contribution is 5.69. The second-order valence-corrected chi connectivity index (χ2v) is 2.54. The average Bonchev–Trinajstić information content (AvgIpc) is 2.49. The summed E-state index contributed by atoms with van der Waals surface area (Å²) in [5.41, 5.74) is 0.903. The Morgan fingerprint density at radius 2 is 2.50 bits per heavy atom. The highest BCUT2D eigenvalue weighted by atomic mass is 16.4. The molecule has 0 bridgehead atoms. The van der Waals surface area contributed by atoms with E-state index in [0.29, 0.717) is 6.54 Å². The summed E-state index contributed by atoms with van der Waals surface area (Å²) in [5, 5.41) is 8.65. The van der Waals surface area contributed by atoms with Crippen molar-refractivity contribution in [1.29, 1.82) is 0 Å². The second kappa shape index (κ2) is 2.41. The first-order valence-corrected chi connectivity index (χ1v) is 3.51. The van der Waals surface area contributed by atoms with E-state index in [4.69, 9.17) is 9.52 Å². The topological polar surface area (TPSA) is 53.7 Å². The van der Waals surface area contributed by atoms with E-state index in [-0.39, 0.29) is 0 Å². The summed E-state index contributed by atoms with van der Waals surface area (Å²) in [7, 11) is 0. The molecule has 1 aliphatic rings. The maximum absolute atomic E-state index is 10.5. The largest absolute Gasteiger partial charge is 0.465 e. The summed E-state index contributed by atoms with van der Waals surface area (Å²) >= 11 is 0. The number of nitrogens with zero attached hydrogens (tertiary/aromatic N) is 1. The smallest absolute Gasteiger partial charge is 0.411 e. The van der Waals surface area contributed by atoms with Crippen LogP contribution in [0, 0.1) is 0 Å². The fourth-order valence-electron chi connectivity index (χ4n) is 1.15. The van der Waals surface area contributed by atoms with E-state index in [1.54, 1.807) is 18.4 Å². The summed E-state index contributed by atoms with van der Waals surface area (Å²) in [6.07, 6.45) is 3.75. The number of carbonyl (C=O) groups is 1. The zero-order valence-corrected chi connectivity index (χ0v) is 6.23. The normalized spacial score (nSPS) is 14.5. The molecular formula is C8H7NO3. The minimum absolute atomic E-state index is 0.373. The third-order valence-electron chi connectivity index (χ3n) is 1.77. The Hall–Kier alpha value is -1.71. The lowest BCUT2D eigenvalue weighted by Crippen LogP contribution is -2.24. The van der Waals surface area contributed by atoms with Gasteiger partial charge in [0.1, 0.15) is 5.76 Å². The monoisotopic (exact) mass is 165 g/mol. The van der Waals surface area contributed by atoms with Crippen LogP contribution in [0.1, 0.15) is 11.3 Å². The molecule has 12 heavy (non-hydrogen) atoms. The van der Waals surface area contributed by atoms with Crippen molar-refractivity contribution in [2.24, 2.45) is 0 Å². The Labute approximate surface area is 68.7 Å². The molecule has 0 aromatic carbocycles. The minimum Gasteiger partial charge on any atom is -0.465 e. The van der Waals surface area contributed by atoms with Crippen molar-refractivity contribution in [3.8, 4) is 0 Å². The van der Waals surface area contributed by atoms with Gasteiger partial charge in [0.15, 0.2) is 0 Å². The van der Waals surface area contributed by atoms with E-state index in [1.165, 1.54) is 11.1 Å². The summed E-state index contributed by atoms with van der Waals surface area (Å²) in [4.78, 5) is 11.7. The Morgan fingerprint density at radius 3 is 3.25 bits per heavy atom. The fraction of sp³-hybridized carbons (Fsp3) is 0.125. The van der Waals surface area contributed by atoms with Crippen LogP contribution >= 0.6 is 0 Å². The fourth-order valence-corrected chi connectivity index (χ4v) is 1.15. The molecule has 0 fully saturated rings.